The molecule has 1 saturated heterocycles. The maximum Gasteiger partial charge on any atom is 0.253 e. The summed E-state index contributed by atoms with van der Waals surface area (Å²) in [5, 5.41) is 2.78. The molecule has 6 heteroatoms. The maximum absolute atomic E-state index is 12.7. The lowest BCUT2D eigenvalue weighted by molar-refractivity contribution is -0.136. The summed E-state index contributed by atoms with van der Waals surface area (Å²) in [4.78, 5) is 40.4. The summed E-state index contributed by atoms with van der Waals surface area (Å²) in [7, 11) is 0. The number of nitrogens with zero attached hydrogens (tertiary/aromatic N) is 2. The van der Waals surface area contributed by atoms with Gasteiger partial charge >= 0.3 is 0 Å². The van der Waals surface area contributed by atoms with Gasteiger partial charge in [0.15, 0.2) is 0 Å². The minimum atomic E-state index is -0.0290. The number of carbonyl (C=O) groups excluding carboxylic acids is 3. The topological polar surface area (TPSA) is 69.7 Å². The Morgan fingerprint density at radius 2 is 1.68 bits per heavy atom. The highest BCUT2D eigenvalue weighted by atomic mass is 16.2. The van der Waals surface area contributed by atoms with Crippen LogP contribution >= 0.6 is 0 Å². The molecule has 1 saturated carbocycles. The van der Waals surface area contributed by atoms with Crippen LogP contribution in [0.3, 0.4) is 0 Å². The number of benzene rings is 1. The van der Waals surface area contributed by atoms with Crippen LogP contribution in [-0.4, -0.2) is 53.7 Å². The molecular formula is C19H23N3O3. The Morgan fingerprint density at radius 3 is 2.40 bits per heavy atom. The van der Waals surface area contributed by atoms with Crippen LogP contribution in [0.2, 0.25) is 0 Å². The number of piperazine rings is 1. The first kappa shape index (κ1) is 16.1. The number of fused-ring (bicyclic) bond motifs is 1. The summed E-state index contributed by atoms with van der Waals surface area (Å²) in [5.74, 6) is 0.421. The van der Waals surface area contributed by atoms with E-state index in [9.17, 15) is 14.4 Å². The Hall–Kier alpha value is -2.37. The van der Waals surface area contributed by atoms with Gasteiger partial charge < -0.3 is 15.1 Å². The fraction of sp³-hybridized carbons (Fsp3) is 0.526. The van der Waals surface area contributed by atoms with E-state index in [2.05, 4.69) is 5.32 Å². The minimum Gasteiger partial charge on any atom is -0.339 e. The number of rotatable bonds is 2. The third-order valence-corrected chi connectivity index (χ3v) is 5.56. The van der Waals surface area contributed by atoms with E-state index >= 15 is 0 Å². The minimum absolute atomic E-state index is 0.0184. The molecule has 0 bridgehead atoms. The normalized spacial score (nSPS) is 20.6. The summed E-state index contributed by atoms with van der Waals surface area (Å²) in [6, 6.07) is 5.38. The predicted octanol–water partition coefficient (Wildman–Crippen LogP) is 1.66. The number of amides is 3. The molecule has 1 N–H and O–H groups in total. The van der Waals surface area contributed by atoms with Crippen molar-refractivity contribution in [3.8, 4) is 0 Å². The lowest BCUT2D eigenvalue weighted by Crippen LogP contribution is -2.51. The number of nitrogens with one attached hydrogen (secondary N) is 1. The van der Waals surface area contributed by atoms with Crippen molar-refractivity contribution in [1.29, 1.82) is 0 Å². The second-order valence-electron chi connectivity index (χ2n) is 7.20. The van der Waals surface area contributed by atoms with Crippen molar-refractivity contribution in [1.82, 2.24) is 9.80 Å². The highest BCUT2D eigenvalue weighted by Gasteiger charge is 2.31. The van der Waals surface area contributed by atoms with Gasteiger partial charge in [-0.25, -0.2) is 0 Å². The third-order valence-electron chi connectivity index (χ3n) is 5.56. The monoisotopic (exact) mass is 341 g/mol. The van der Waals surface area contributed by atoms with Gasteiger partial charge in [0.1, 0.15) is 0 Å². The Morgan fingerprint density at radius 1 is 1.00 bits per heavy atom. The Balaban J connectivity index is 1.37. The zero-order valence-electron chi connectivity index (χ0n) is 14.3. The maximum atomic E-state index is 12.7. The van der Waals surface area contributed by atoms with Gasteiger partial charge in [0.2, 0.25) is 11.8 Å². The van der Waals surface area contributed by atoms with E-state index in [1.807, 2.05) is 15.9 Å². The molecule has 2 aliphatic heterocycles. The van der Waals surface area contributed by atoms with Gasteiger partial charge in [-0.2, -0.15) is 0 Å². The van der Waals surface area contributed by atoms with Gasteiger partial charge in [-0.05, 0) is 36.6 Å². The Bertz CT molecular complexity index is 717. The van der Waals surface area contributed by atoms with Crippen molar-refractivity contribution in [3.05, 3.63) is 29.3 Å². The van der Waals surface area contributed by atoms with Gasteiger partial charge in [-0.15, -0.1) is 0 Å². The summed E-state index contributed by atoms with van der Waals surface area (Å²) in [5.41, 5.74) is 2.30. The molecular weight excluding hydrogens is 318 g/mol. The lowest BCUT2D eigenvalue weighted by Gasteiger charge is -2.36. The SMILES string of the molecule is O=C1Cc2cc(C(=O)N3CCN(C(=O)C4CCCC4)CC3)ccc2N1. The number of anilines is 1. The van der Waals surface area contributed by atoms with Gasteiger partial charge in [0, 0.05) is 43.3 Å². The molecule has 0 atom stereocenters. The second-order valence-corrected chi connectivity index (χ2v) is 7.20. The molecule has 0 unspecified atom stereocenters. The van der Waals surface area contributed by atoms with Crippen molar-refractivity contribution < 1.29 is 14.4 Å². The van der Waals surface area contributed by atoms with E-state index in [0.29, 0.717) is 38.2 Å². The molecule has 0 spiro atoms. The molecule has 4 rings (SSSR count). The van der Waals surface area contributed by atoms with E-state index in [0.717, 1.165) is 36.9 Å². The number of hydrogen-bond donors (Lipinski definition) is 1. The molecule has 1 aromatic rings. The second kappa shape index (κ2) is 6.50. The van der Waals surface area contributed by atoms with Crippen molar-refractivity contribution >= 4 is 23.4 Å². The first-order valence-corrected chi connectivity index (χ1v) is 9.12. The summed E-state index contributed by atoms with van der Waals surface area (Å²) in [6.45, 7) is 2.38. The molecule has 25 heavy (non-hydrogen) atoms. The fourth-order valence-electron chi connectivity index (χ4n) is 4.11. The van der Waals surface area contributed by atoms with Gasteiger partial charge in [0.05, 0.1) is 6.42 Å². The average Bonchev–Trinajstić information content (AvgIpc) is 3.28. The van der Waals surface area contributed by atoms with Crippen LogP contribution in [0.4, 0.5) is 5.69 Å². The molecule has 1 aliphatic carbocycles. The fourth-order valence-corrected chi connectivity index (χ4v) is 4.11. The summed E-state index contributed by atoms with van der Waals surface area (Å²) < 4.78 is 0. The van der Waals surface area contributed by atoms with Crippen LogP contribution in [0.1, 0.15) is 41.6 Å². The van der Waals surface area contributed by atoms with Crippen LogP contribution < -0.4 is 5.32 Å². The molecule has 2 fully saturated rings. The van der Waals surface area contributed by atoms with Crippen LogP contribution in [0.25, 0.3) is 0 Å². The van der Waals surface area contributed by atoms with E-state index in [-0.39, 0.29) is 23.6 Å². The number of hydrogen-bond acceptors (Lipinski definition) is 3. The molecule has 0 radical (unpaired) electrons. The van der Waals surface area contributed by atoms with Gasteiger partial charge in [0.25, 0.3) is 5.91 Å². The Kier molecular flexibility index (Phi) is 4.19. The standard InChI is InChI=1S/C19H23N3O3/c23-17-12-15-11-14(5-6-16(15)20-17)19(25)22-9-7-21(8-10-22)18(24)13-3-1-2-4-13/h5-6,11,13H,1-4,7-10,12H2,(H,20,23). The van der Waals surface area contributed by atoms with E-state index in [1.165, 1.54) is 0 Å². The van der Waals surface area contributed by atoms with E-state index < -0.39 is 0 Å². The largest absolute Gasteiger partial charge is 0.339 e. The highest BCUT2D eigenvalue weighted by Crippen LogP contribution is 2.27. The van der Waals surface area contributed by atoms with Crippen molar-refractivity contribution in [3.63, 3.8) is 0 Å². The average molecular weight is 341 g/mol. The van der Waals surface area contributed by atoms with Crippen LogP contribution in [0, 0.1) is 5.92 Å². The lowest BCUT2D eigenvalue weighted by atomic mass is 10.1. The first-order valence-electron chi connectivity index (χ1n) is 9.12. The zero-order valence-corrected chi connectivity index (χ0v) is 14.3. The molecule has 3 amide bonds. The molecule has 1 aromatic carbocycles. The van der Waals surface area contributed by atoms with Crippen molar-refractivity contribution in [2.24, 2.45) is 5.92 Å². The summed E-state index contributed by atoms with van der Waals surface area (Å²) >= 11 is 0. The number of carbonyl (C=O) groups is 3. The van der Waals surface area contributed by atoms with Crippen molar-refractivity contribution in [2.45, 2.75) is 32.1 Å². The molecule has 0 aromatic heterocycles. The highest BCUT2D eigenvalue weighted by molar-refractivity contribution is 6.01. The molecule has 2 heterocycles. The molecule has 3 aliphatic rings. The van der Waals surface area contributed by atoms with Crippen molar-refractivity contribution in [2.75, 3.05) is 31.5 Å². The smallest absolute Gasteiger partial charge is 0.253 e. The van der Waals surface area contributed by atoms with E-state index in [4.69, 9.17) is 0 Å². The van der Waals surface area contributed by atoms with Crippen LogP contribution in [0.15, 0.2) is 18.2 Å². The van der Waals surface area contributed by atoms with Crippen LogP contribution in [-0.2, 0) is 16.0 Å². The van der Waals surface area contributed by atoms with Gasteiger partial charge in [-0.1, -0.05) is 12.8 Å². The molecule has 132 valence electrons. The molecule has 6 nitrogen and oxygen atoms in total. The van der Waals surface area contributed by atoms with E-state index in [1.54, 1.807) is 12.1 Å². The zero-order chi connectivity index (χ0) is 17.4. The first-order chi connectivity index (χ1) is 12.1. The van der Waals surface area contributed by atoms with Gasteiger partial charge in [-0.3, -0.25) is 14.4 Å². The third kappa shape index (κ3) is 3.13. The van der Waals surface area contributed by atoms with Crippen LogP contribution in [0.5, 0.6) is 0 Å². The summed E-state index contributed by atoms with van der Waals surface area (Å²) in [6.07, 6.45) is 4.68. The predicted molar refractivity (Wildman–Crippen MR) is 93.2 cm³/mol. The quantitative estimate of drug-likeness (QED) is 0.889. The Labute approximate surface area is 147 Å².